The lowest BCUT2D eigenvalue weighted by Crippen LogP contribution is -2.25. The Morgan fingerprint density at radius 1 is 1.12 bits per heavy atom. The van der Waals surface area contributed by atoms with Crippen molar-refractivity contribution in [3.63, 3.8) is 0 Å². The van der Waals surface area contributed by atoms with Gasteiger partial charge in [-0.1, -0.05) is 42.1 Å². The highest BCUT2D eigenvalue weighted by atomic mass is 32.2. The van der Waals surface area contributed by atoms with Gasteiger partial charge in [-0.05, 0) is 17.7 Å². The molecule has 3 aromatic rings. The van der Waals surface area contributed by atoms with Crippen molar-refractivity contribution in [2.24, 2.45) is 0 Å². The molecule has 0 bridgehead atoms. The number of rotatable bonds is 7. The highest BCUT2D eigenvalue weighted by Gasteiger charge is 2.11. The van der Waals surface area contributed by atoms with Gasteiger partial charge in [0.25, 0.3) is 11.1 Å². The molecule has 0 fully saturated rings. The van der Waals surface area contributed by atoms with Crippen LogP contribution in [0.15, 0.2) is 64.5 Å². The third-order valence-corrected chi connectivity index (χ3v) is 3.75. The minimum atomic E-state index is -0.278. The number of nitrogens with zero attached hydrogens (tertiary/aromatic N) is 3. The summed E-state index contributed by atoms with van der Waals surface area (Å²) in [7, 11) is 0. The van der Waals surface area contributed by atoms with E-state index in [9.17, 15) is 4.79 Å². The predicted molar refractivity (Wildman–Crippen MR) is 87.6 cm³/mol. The van der Waals surface area contributed by atoms with Gasteiger partial charge in [-0.3, -0.25) is 14.6 Å². The second-order valence-corrected chi connectivity index (χ2v) is 5.62. The van der Waals surface area contributed by atoms with Crippen LogP contribution >= 0.6 is 11.8 Å². The molecule has 0 unspecified atom stereocenters. The molecule has 0 aliphatic carbocycles. The van der Waals surface area contributed by atoms with Crippen molar-refractivity contribution in [2.75, 3.05) is 5.75 Å². The summed E-state index contributed by atoms with van der Waals surface area (Å²) in [5.74, 6) is 0.229. The number of hydroxylamine groups is 1. The second kappa shape index (κ2) is 8.23. The van der Waals surface area contributed by atoms with Crippen LogP contribution < -0.4 is 5.48 Å². The SMILES string of the molecule is O=C(CSc1nnc(-c2ccncc2)o1)NOCc1ccccc1. The smallest absolute Gasteiger partial charge is 0.277 e. The third kappa shape index (κ3) is 4.64. The van der Waals surface area contributed by atoms with E-state index in [4.69, 9.17) is 9.25 Å². The van der Waals surface area contributed by atoms with Gasteiger partial charge in [-0.2, -0.15) is 0 Å². The topological polar surface area (TPSA) is 90.1 Å². The maximum atomic E-state index is 11.7. The molecule has 7 nitrogen and oxygen atoms in total. The highest BCUT2D eigenvalue weighted by Crippen LogP contribution is 2.22. The van der Waals surface area contributed by atoms with Gasteiger partial charge < -0.3 is 4.42 Å². The van der Waals surface area contributed by atoms with Gasteiger partial charge in [0.1, 0.15) is 0 Å². The van der Waals surface area contributed by atoms with Crippen LogP contribution in [-0.4, -0.2) is 26.8 Å². The molecule has 3 rings (SSSR count). The number of aromatic nitrogens is 3. The summed E-state index contributed by atoms with van der Waals surface area (Å²) in [6.45, 7) is 0.310. The lowest BCUT2D eigenvalue weighted by Gasteiger charge is -2.04. The van der Waals surface area contributed by atoms with Crippen LogP contribution in [0.4, 0.5) is 0 Å². The molecule has 122 valence electrons. The molecular formula is C16H14N4O3S. The van der Waals surface area contributed by atoms with Gasteiger partial charge in [-0.15, -0.1) is 10.2 Å². The Labute approximate surface area is 142 Å². The lowest BCUT2D eigenvalue weighted by molar-refractivity contribution is -0.131. The molecule has 0 saturated heterocycles. The quantitative estimate of drug-likeness (QED) is 0.521. The molecule has 0 saturated carbocycles. The maximum Gasteiger partial charge on any atom is 0.277 e. The zero-order valence-electron chi connectivity index (χ0n) is 12.6. The van der Waals surface area contributed by atoms with Crippen LogP contribution in [0.25, 0.3) is 11.5 Å². The Kier molecular flexibility index (Phi) is 5.54. The monoisotopic (exact) mass is 342 g/mol. The number of pyridine rings is 1. The number of nitrogens with one attached hydrogen (secondary N) is 1. The Hall–Kier alpha value is -2.71. The number of amides is 1. The number of hydrogen-bond acceptors (Lipinski definition) is 7. The summed E-state index contributed by atoms with van der Waals surface area (Å²) in [6.07, 6.45) is 3.29. The average molecular weight is 342 g/mol. The zero-order valence-corrected chi connectivity index (χ0v) is 13.4. The van der Waals surface area contributed by atoms with Crippen LogP contribution in [0.2, 0.25) is 0 Å². The molecular weight excluding hydrogens is 328 g/mol. The van der Waals surface area contributed by atoms with E-state index in [0.29, 0.717) is 17.7 Å². The molecule has 1 aromatic carbocycles. The van der Waals surface area contributed by atoms with E-state index in [2.05, 4.69) is 20.7 Å². The van der Waals surface area contributed by atoms with Crippen LogP contribution in [0.3, 0.4) is 0 Å². The first-order chi connectivity index (χ1) is 11.8. The number of hydrogen-bond donors (Lipinski definition) is 1. The van der Waals surface area contributed by atoms with Gasteiger partial charge in [0.05, 0.1) is 12.4 Å². The van der Waals surface area contributed by atoms with Crippen LogP contribution in [-0.2, 0) is 16.2 Å². The summed E-state index contributed by atoms with van der Waals surface area (Å²) < 4.78 is 5.49. The van der Waals surface area contributed by atoms with Crippen LogP contribution in [0, 0.1) is 0 Å². The van der Waals surface area contributed by atoms with Crippen LogP contribution in [0.1, 0.15) is 5.56 Å². The first-order valence-electron chi connectivity index (χ1n) is 7.12. The summed E-state index contributed by atoms with van der Waals surface area (Å²) in [5.41, 5.74) is 4.14. The normalized spacial score (nSPS) is 10.5. The van der Waals surface area contributed by atoms with E-state index in [1.807, 2.05) is 30.3 Å². The molecule has 0 atom stereocenters. The highest BCUT2D eigenvalue weighted by molar-refractivity contribution is 7.99. The number of carbonyl (C=O) groups is 1. The summed E-state index contributed by atoms with van der Waals surface area (Å²) >= 11 is 1.14. The molecule has 0 aliphatic rings. The second-order valence-electron chi connectivity index (χ2n) is 4.70. The van der Waals surface area contributed by atoms with E-state index in [0.717, 1.165) is 22.9 Å². The molecule has 2 heterocycles. The van der Waals surface area contributed by atoms with Gasteiger partial charge in [0, 0.05) is 18.0 Å². The summed E-state index contributed by atoms with van der Waals surface area (Å²) in [4.78, 5) is 20.8. The fourth-order valence-electron chi connectivity index (χ4n) is 1.81. The molecule has 2 aromatic heterocycles. The number of thioether (sulfide) groups is 1. The summed E-state index contributed by atoms with van der Waals surface area (Å²) in [5, 5.41) is 8.15. The van der Waals surface area contributed by atoms with Crippen molar-refractivity contribution in [1.82, 2.24) is 20.7 Å². The van der Waals surface area contributed by atoms with E-state index >= 15 is 0 Å². The summed E-state index contributed by atoms with van der Waals surface area (Å²) in [6, 6.07) is 13.1. The molecule has 1 amide bonds. The van der Waals surface area contributed by atoms with Crippen molar-refractivity contribution in [3.8, 4) is 11.5 Å². The Balaban J connectivity index is 1.42. The lowest BCUT2D eigenvalue weighted by atomic mass is 10.2. The Morgan fingerprint density at radius 2 is 1.92 bits per heavy atom. The first kappa shape index (κ1) is 16.2. The zero-order chi connectivity index (χ0) is 16.6. The minimum absolute atomic E-state index is 0.118. The predicted octanol–water partition coefficient (Wildman–Crippen LogP) is 2.47. The van der Waals surface area contributed by atoms with Crippen molar-refractivity contribution in [3.05, 3.63) is 60.4 Å². The third-order valence-electron chi connectivity index (χ3n) is 2.93. The van der Waals surface area contributed by atoms with E-state index in [1.165, 1.54) is 0 Å². The van der Waals surface area contributed by atoms with Crippen molar-refractivity contribution < 1.29 is 14.0 Å². The van der Waals surface area contributed by atoms with Gasteiger partial charge in [-0.25, -0.2) is 5.48 Å². The van der Waals surface area contributed by atoms with E-state index < -0.39 is 0 Å². The Morgan fingerprint density at radius 3 is 2.71 bits per heavy atom. The number of benzene rings is 1. The van der Waals surface area contributed by atoms with Gasteiger partial charge in [0.15, 0.2) is 0 Å². The maximum absolute atomic E-state index is 11.7. The van der Waals surface area contributed by atoms with Crippen LogP contribution in [0.5, 0.6) is 0 Å². The van der Waals surface area contributed by atoms with Gasteiger partial charge in [0.2, 0.25) is 5.89 Å². The number of carbonyl (C=O) groups excluding carboxylic acids is 1. The van der Waals surface area contributed by atoms with E-state index in [1.54, 1.807) is 24.5 Å². The fourth-order valence-corrected chi connectivity index (χ4v) is 2.36. The fraction of sp³-hybridized carbons (Fsp3) is 0.125. The van der Waals surface area contributed by atoms with Crippen molar-refractivity contribution in [2.45, 2.75) is 11.8 Å². The van der Waals surface area contributed by atoms with Crippen molar-refractivity contribution >= 4 is 17.7 Å². The molecule has 24 heavy (non-hydrogen) atoms. The standard InChI is InChI=1S/C16H14N4O3S/c21-14(20-22-10-12-4-2-1-3-5-12)11-24-16-19-18-15(23-16)13-6-8-17-9-7-13/h1-9H,10-11H2,(H,20,21). The average Bonchev–Trinajstić information content (AvgIpc) is 3.11. The Bertz CT molecular complexity index is 780. The molecule has 8 heteroatoms. The van der Waals surface area contributed by atoms with E-state index in [-0.39, 0.29) is 11.7 Å². The van der Waals surface area contributed by atoms with Crippen molar-refractivity contribution in [1.29, 1.82) is 0 Å². The molecule has 0 spiro atoms. The molecule has 1 N–H and O–H groups in total. The first-order valence-corrected chi connectivity index (χ1v) is 8.11. The molecule has 0 radical (unpaired) electrons. The minimum Gasteiger partial charge on any atom is -0.411 e. The molecule has 0 aliphatic heterocycles. The van der Waals surface area contributed by atoms with Gasteiger partial charge >= 0.3 is 0 Å². The largest absolute Gasteiger partial charge is 0.411 e.